The number of aryl methyl sites for hydroxylation is 1. The van der Waals surface area contributed by atoms with E-state index in [9.17, 15) is 4.79 Å². The van der Waals surface area contributed by atoms with Crippen molar-refractivity contribution in [2.24, 2.45) is 5.92 Å². The molecule has 2 heterocycles. The summed E-state index contributed by atoms with van der Waals surface area (Å²) in [6.07, 6.45) is 3.99. The van der Waals surface area contributed by atoms with Crippen LogP contribution in [0.25, 0.3) is 0 Å². The van der Waals surface area contributed by atoms with Gasteiger partial charge >= 0.3 is 0 Å². The van der Waals surface area contributed by atoms with Gasteiger partial charge in [-0.15, -0.1) is 0 Å². The fourth-order valence-corrected chi connectivity index (χ4v) is 3.34. The van der Waals surface area contributed by atoms with Crippen molar-refractivity contribution in [2.75, 3.05) is 6.54 Å². The first-order valence-corrected chi connectivity index (χ1v) is 8.17. The van der Waals surface area contributed by atoms with E-state index in [1.54, 1.807) is 15.9 Å². The number of hydrogen-bond donors (Lipinski definition) is 0. The van der Waals surface area contributed by atoms with Gasteiger partial charge in [-0.25, -0.2) is 0 Å². The van der Waals surface area contributed by atoms with E-state index < -0.39 is 0 Å². The van der Waals surface area contributed by atoms with E-state index in [-0.39, 0.29) is 23.0 Å². The topological polar surface area (TPSA) is 60.2 Å². The molecule has 1 unspecified atom stereocenters. The van der Waals surface area contributed by atoms with Crippen LogP contribution in [0.3, 0.4) is 0 Å². The molecule has 0 aliphatic carbocycles. The first-order chi connectivity index (χ1) is 10.7. The van der Waals surface area contributed by atoms with Crippen molar-refractivity contribution in [2.45, 2.75) is 65.3 Å². The van der Waals surface area contributed by atoms with Gasteiger partial charge in [0.05, 0.1) is 30.5 Å². The Balaban J connectivity index is 2.13. The second kappa shape index (κ2) is 6.43. The summed E-state index contributed by atoms with van der Waals surface area (Å²) in [6, 6.07) is 0. The average Bonchev–Trinajstić information content (AvgIpc) is 2.98. The largest absolute Gasteiger partial charge is 0.369 e. The van der Waals surface area contributed by atoms with Gasteiger partial charge in [-0.1, -0.05) is 6.58 Å². The summed E-state index contributed by atoms with van der Waals surface area (Å²) >= 11 is 0. The molecule has 1 aromatic heterocycles. The van der Waals surface area contributed by atoms with Crippen molar-refractivity contribution in [1.82, 2.24) is 19.9 Å². The van der Waals surface area contributed by atoms with Crippen LogP contribution in [-0.4, -0.2) is 43.5 Å². The Labute approximate surface area is 138 Å². The molecule has 6 heteroatoms. The Bertz CT molecular complexity index is 577. The van der Waals surface area contributed by atoms with Gasteiger partial charge in [-0.2, -0.15) is 15.0 Å². The summed E-state index contributed by atoms with van der Waals surface area (Å²) in [7, 11) is 0. The molecule has 0 saturated carbocycles. The first-order valence-electron chi connectivity index (χ1n) is 8.17. The molecule has 1 aromatic rings. The third-order valence-corrected chi connectivity index (χ3v) is 4.41. The fourth-order valence-electron chi connectivity index (χ4n) is 3.34. The molecular weight excluding hydrogens is 292 g/mol. The van der Waals surface area contributed by atoms with Gasteiger partial charge in [-0.3, -0.25) is 4.79 Å². The Morgan fingerprint density at radius 1 is 1.52 bits per heavy atom. The van der Waals surface area contributed by atoms with Gasteiger partial charge in [-0.05, 0) is 47.1 Å². The van der Waals surface area contributed by atoms with Crippen LogP contribution in [0.15, 0.2) is 18.9 Å². The lowest BCUT2D eigenvalue weighted by atomic mass is 9.87. The third-order valence-electron chi connectivity index (χ3n) is 4.41. The highest BCUT2D eigenvalue weighted by molar-refractivity contribution is 5.86. The Hall–Kier alpha value is -1.69. The van der Waals surface area contributed by atoms with Crippen LogP contribution in [0.1, 0.15) is 46.7 Å². The van der Waals surface area contributed by atoms with Crippen LogP contribution >= 0.6 is 0 Å². The summed E-state index contributed by atoms with van der Waals surface area (Å²) in [4.78, 5) is 15.7. The number of ether oxygens (including phenoxy) is 1. The van der Waals surface area contributed by atoms with Crippen molar-refractivity contribution in [3.63, 3.8) is 0 Å². The lowest BCUT2D eigenvalue weighted by molar-refractivity contribution is -0.128. The molecule has 1 aliphatic heterocycles. The predicted molar refractivity (Wildman–Crippen MR) is 88.7 cm³/mol. The van der Waals surface area contributed by atoms with Gasteiger partial charge in [0.1, 0.15) is 5.69 Å². The molecule has 23 heavy (non-hydrogen) atoms. The second-order valence-corrected chi connectivity index (χ2v) is 7.31. The number of carbonyl (C=O) groups excluding carboxylic acids is 1. The van der Waals surface area contributed by atoms with Crippen molar-refractivity contribution in [3.05, 3.63) is 24.5 Å². The Morgan fingerprint density at radius 2 is 2.22 bits per heavy atom. The Morgan fingerprint density at radius 3 is 2.70 bits per heavy atom. The predicted octanol–water partition coefficient (Wildman–Crippen LogP) is 2.41. The molecule has 0 aromatic carbocycles. The van der Waals surface area contributed by atoms with Crippen molar-refractivity contribution in [1.29, 1.82) is 0 Å². The van der Waals surface area contributed by atoms with Crippen LogP contribution in [-0.2, 0) is 22.6 Å². The normalized spacial score (nSPS) is 22.0. The van der Waals surface area contributed by atoms with E-state index >= 15 is 0 Å². The van der Waals surface area contributed by atoms with Gasteiger partial charge < -0.3 is 9.64 Å². The second-order valence-electron chi connectivity index (χ2n) is 7.31. The smallest absolute Gasteiger partial charge is 0.246 e. The van der Waals surface area contributed by atoms with E-state index in [1.807, 2.05) is 6.92 Å². The maximum absolute atomic E-state index is 12.3. The standard InChI is InChI=1S/C17H28N4O2/c1-7-15(22)20(12-14-10-18-21(8-2)19-14)11-13-9-16(3,4)23-17(13,5)6/h7,10,13H,1,8-9,11-12H2,2-6H3. The lowest BCUT2D eigenvalue weighted by Crippen LogP contribution is -2.40. The molecule has 128 valence electrons. The highest BCUT2D eigenvalue weighted by Crippen LogP contribution is 2.42. The third kappa shape index (κ3) is 4.19. The Kier molecular flexibility index (Phi) is 4.94. The number of carbonyl (C=O) groups is 1. The van der Waals surface area contributed by atoms with Crippen LogP contribution in [0.2, 0.25) is 0 Å². The number of amides is 1. The van der Waals surface area contributed by atoms with Crippen molar-refractivity contribution < 1.29 is 9.53 Å². The maximum atomic E-state index is 12.3. The van der Waals surface area contributed by atoms with E-state index in [2.05, 4.69) is 44.5 Å². The van der Waals surface area contributed by atoms with Crippen LogP contribution in [0, 0.1) is 5.92 Å². The number of nitrogens with zero attached hydrogens (tertiary/aromatic N) is 4. The zero-order valence-electron chi connectivity index (χ0n) is 14.9. The molecule has 0 spiro atoms. The fraction of sp³-hybridized carbons (Fsp3) is 0.706. The molecule has 1 aliphatic rings. The summed E-state index contributed by atoms with van der Waals surface area (Å²) in [5.74, 6) is 0.180. The lowest BCUT2D eigenvalue weighted by Gasteiger charge is -2.31. The minimum absolute atomic E-state index is 0.0865. The minimum Gasteiger partial charge on any atom is -0.369 e. The summed E-state index contributed by atoms with van der Waals surface area (Å²) in [5.41, 5.74) is 0.366. The van der Waals surface area contributed by atoms with E-state index in [0.717, 1.165) is 12.1 Å². The highest BCUT2D eigenvalue weighted by atomic mass is 16.5. The number of hydrogen-bond acceptors (Lipinski definition) is 4. The molecule has 0 N–H and O–H groups in total. The molecule has 1 fully saturated rings. The van der Waals surface area contributed by atoms with Gasteiger partial charge in [0.15, 0.2) is 0 Å². The zero-order chi connectivity index (χ0) is 17.3. The first kappa shape index (κ1) is 17.7. The molecule has 2 rings (SSSR count). The SMILES string of the molecule is C=CC(=O)N(Cc1cnn(CC)n1)CC1CC(C)(C)OC1(C)C. The van der Waals surface area contributed by atoms with Gasteiger partial charge in [0.25, 0.3) is 0 Å². The highest BCUT2D eigenvalue weighted by Gasteiger charge is 2.46. The van der Waals surface area contributed by atoms with E-state index in [4.69, 9.17) is 4.74 Å². The van der Waals surface area contributed by atoms with Gasteiger partial charge in [0.2, 0.25) is 5.91 Å². The quantitative estimate of drug-likeness (QED) is 0.755. The van der Waals surface area contributed by atoms with Crippen molar-refractivity contribution >= 4 is 5.91 Å². The molecule has 0 radical (unpaired) electrons. The van der Waals surface area contributed by atoms with Crippen molar-refractivity contribution in [3.8, 4) is 0 Å². The summed E-state index contributed by atoms with van der Waals surface area (Å²) in [5, 5.41) is 8.54. The van der Waals surface area contributed by atoms with Crippen LogP contribution < -0.4 is 0 Å². The van der Waals surface area contributed by atoms with Crippen LogP contribution in [0.5, 0.6) is 0 Å². The van der Waals surface area contributed by atoms with Crippen LogP contribution in [0.4, 0.5) is 0 Å². The zero-order valence-corrected chi connectivity index (χ0v) is 14.9. The number of aromatic nitrogens is 3. The monoisotopic (exact) mass is 320 g/mol. The van der Waals surface area contributed by atoms with E-state index in [1.165, 1.54) is 6.08 Å². The molecule has 0 bridgehead atoms. The summed E-state index contributed by atoms with van der Waals surface area (Å²) in [6.45, 7) is 15.8. The molecule has 1 saturated heterocycles. The van der Waals surface area contributed by atoms with E-state index in [0.29, 0.717) is 19.6 Å². The summed E-state index contributed by atoms with van der Waals surface area (Å²) < 4.78 is 6.14. The molecule has 1 amide bonds. The molecule has 1 atom stereocenters. The number of rotatable bonds is 6. The molecular formula is C17H28N4O2. The molecule has 6 nitrogen and oxygen atoms in total. The minimum atomic E-state index is -0.260. The average molecular weight is 320 g/mol. The maximum Gasteiger partial charge on any atom is 0.246 e. The van der Waals surface area contributed by atoms with Gasteiger partial charge in [0, 0.05) is 12.5 Å².